The normalized spacial score (nSPS) is 10.7. The Morgan fingerprint density at radius 2 is 1.68 bits per heavy atom. The first kappa shape index (κ1) is 23.9. The minimum Gasteiger partial charge on any atom is -0.508 e. The van der Waals surface area contributed by atoms with Crippen LogP contribution < -0.4 is 20.1 Å². The van der Waals surface area contributed by atoms with Crippen molar-refractivity contribution in [3.63, 3.8) is 0 Å². The van der Waals surface area contributed by atoms with Crippen molar-refractivity contribution in [2.45, 2.75) is 19.8 Å². The maximum atomic E-state index is 9.30. The summed E-state index contributed by atoms with van der Waals surface area (Å²) in [4.78, 5) is 4.59. The predicted octanol–water partition coefficient (Wildman–Crippen LogP) is 3.59. The maximum absolute atomic E-state index is 9.30. The lowest BCUT2D eigenvalue weighted by Gasteiger charge is -2.12. The third-order valence-electron chi connectivity index (χ3n) is 3.90. The van der Waals surface area contributed by atoms with Crippen LogP contribution in [0, 0.1) is 0 Å². The highest BCUT2D eigenvalue weighted by Crippen LogP contribution is 2.16. The molecule has 0 amide bonds. The van der Waals surface area contributed by atoms with Gasteiger partial charge in [-0.05, 0) is 61.7 Å². The van der Waals surface area contributed by atoms with Gasteiger partial charge < -0.3 is 25.2 Å². The summed E-state index contributed by atoms with van der Waals surface area (Å²) in [6.45, 7) is 4.79. The van der Waals surface area contributed by atoms with Crippen LogP contribution in [0.3, 0.4) is 0 Å². The number of nitrogens with one attached hydrogen (secondary N) is 2. The van der Waals surface area contributed by atoms with E-state index >= 15 is 0 Å². The summed E-state index contributed by atoms with van der Waals surface area (Å²) in [6.07, 6.45) is 1.88. The second kappa shape index (κ2) is 13.9. The molecule has 0 radical (unpaired) electrons. The predicted molar refractivity (Wildman–Crippen MR) is 124 cm³/mol. The number of methoxy groups -OCH3 is 1. The van der Waals surface area contributed by atoms with Crippen molar-refractivity contribution in [2.24, 2.45) is 4.99 Å². The number of rotatable bonds is 10. The summed E-state index contributed by atoms with van der Waals surface area (Å²) in [5.74, 6) is 2.72. The molecule has 0 unspecified atom stereocenters. The Balaban J connectivity index is 0.00000392. The molecule has 6 nitrogen and oxygen atoms in total. The fourth-order valence-corrected chi connectivity index (χ4v) is 2.49. The molecular formula is C21H30IN3O3. The van der Waals surface area contributed by atoms with Gasteiger partial charge in [0.1, 0.15) is 23.9 Å². The van der Waals surface area contributed by atoms with Gasteiger partial charge in [0.05, 0.1) is 13.7 Å². The van der Waals surface area contributed by atoms with Gasteiger partial charge in [-0.1, -0.05) is 12.1 Å². The van der Waals surface area contributed by atoms with E-state index in [1.165, 1.54) is 5.56 Å². The van der Waals surface area contributed by atoms with Crippen molar-refractivity contribution in [3.05, 3.63) is 54.1 Å². The van der Waals surface area contributed by atoms with Crippen LogP contribution in [0.25, 0.3) is 0 Å². The SMILES string of the molecule is CCNC(=NCCCc1ccc(O)cc1)NCCOc1ccc(OC)cc1.I. The minimum atomic E-state index is 0. The van der Waals surface area contributed by atoms with Gasteiger partial charge >= 0.3 is 0 Å². The summed E-state index contributed by atoms with van der Waals surface area (Å²) < 4.78 is 10.8. The van der Waals surface area contributed by atoms with Crippen LogP contribution in [0.1, 0.15) is 18.9 Å². The van der Waals surface area contributed by atoms with Gasteiger partial charge in [-0.15, -0.1) is 24.0 Å². The lowest BCUT2D eigenvalue weighted by Crippen LogP contribution is -2.39. The fourth-order valence-electron chi connectivity index (χ4n) is 2.49. The number of halogens is 1. The molecule has 0 aliphatic carbocycles. The average molecular weight is 499 g/mol. The molecule has 0 saturated heterocycles. The second-order valence-corrected chi connectivity index (χ2v) is 5.98. The topological polar surface area (TPSA) is 75.1 Å². The van der Waals surface area contributed by atoms with Gasteiger partial charge in [0, 0.05) is 13.1 Å². The summed E-state index contributed by atoms with van der Waals surface area (Å²) in [5.41, 5.74) is 1.20. The van der Waals surface area contributed by atoms with Crippen LogP contribution >= 0.6 is 24.0 Å². The van der Waals surface area contributed by atoms with E-state index in [4.69, 9.17) is 9.47 Å². The summed E-state index contributed by atoms with van der Waals surface area (Å²) in [6, 6.07) is 14.9. The molecule has 7 heteroatoms. The zero-order valence-corrected chi connectivity index (χ0v) is 18.8. The van der Waals surface area contributed by atoms with Crippen LogP contribution in [-0.2, 0) is 6.42 Å². The first-order valence-electron chi connectivity index (χ1n) is 9.28. The largest absolute Gasteiger partial charge is 0.508 e. The smallest absolute Gasteiger partial charge is 0.191 e. The van der Waals surface area contributed by atoms with Gasteiger partial charge in [-0.2, -0.15) is 0 Å². The lowest BCUT2D eigenvalue weighted by atomic mass is 10.1. The van der Waals surface area contributed by atoms with Gasteiger partial charge in [-0.3, -0.25) is 4.99 Å². The molecule has 0 aromatic heterocycles. The molecule has 0 atom stereocenters. The number of ether oxygens (including phenoxy) is 2. The highest BCUT2D eigenvalue weighted by Gasteiger charge is 1.99. The van der Waals surface area contributed by atoms with Gasteiger partial charge in [0.25, 0.3) is 0 Å². The van der Waals surface area contributed by atoms with E-state index in [0.29, 0.717) is 18.9 Å². The molecule has 3 N–H and O–H groups in total. The molecule has 0 heterocycles. The minimum absolute atomic E-state index is 0. The first-order valence-corrected chi connectivity index (χ1v) is 9.28. The van der Waals surface area contributed by atoms with E-state index in [2.05, 4.69) is 15.6 Å². The van der Waals surface area contributed by atoms with Crippen LogP contribution in [-0.4, -0.2) is 44.4 Å². The Kier molecular flexibility index (Phi) is 11.9. The van der Waals surface area contributed by atoms with Crippen molar-refractivity contribution in [2.75, 3.05) is 33.4 Å². The summed E-state index contributed by atoms with van der Waals surface area (Å²) in [7, 11) is 1.64. The van der Waals surface area contributed by atoms with Crippen molar-refractivity contribution in [1.82, 2.24) is 10.6 Å². The zero-order valence-electron chi connectivity index (χ0n) is 16.5. The number of nitrogens with zero attached hydrogens (tertiary/aromatic N) is 1. The van der Waals surface area contributed by atoms with Gasteiger partial charge in [-0.25, -0.2) is 0 Å². The van der Waals surface area contributed by atoms with Crippen LogP contribution in [0.5, 0.6) is 17.2 Å². The Morgan fingerprint density at radius 1 is 1.00 bits per heavy atom. The Hall–Kier alpha value is -2.16. The molecular weight excluding hydrogens is 469 g/mol. The second-order valence-electron chi connectivity index (χ2n) is 5.98. The molecule has 2 aromatic rings. The van der Waals surface area contributed by atoms with E-state index < -0.39 is 0 Å². The van der Waals surface area contributed by atoms with E-state index in [1.807, 2.05) is 43.3 Å². The van der Waals surface area contributed by atoms with Gasteiger partial charge in [0.2, 0.25) is 0 Å². The molecule has 2 rings (SSSR count). The summed E-state index contributed by atoms with van der Waals surface area (Å²) in [5, 5.41) is 15.8. The number of guanidine groups is 1. The lowest BCUT2D eigenvalue weighted by molar-refractivity contribution is 0.321. The quantitative estimate of drug-likeness (QED) is 0.202. The van der Waals surface area contributed by atoms with Gasteiger partial charge in [0.15, 0.2) is 5.96 Å². The third kappa shape index (κ3) is 9.16. The Labute approximate surface area is 184 Å². The number of hydrogen-bond donors (Lipinski definition) is 3. The van der Waals surface area contributed by atoms with Crippen LogP contribution in [0.15, 0.2) is 53.5 Å². The number of aromatic hydroxyl groups is 1. The van der Waals surface area contributed by atoms with E-state index in [0.717, 1.165) is 43.4 Å². The number of hydrogen-bond acceptors (Lipinski definition) is 4. The molecule has 0 aliphatic heterocycles. The number of benzene rings is 2. The number of aryl methyl sites for hydroxylation is 1. The fraction of sp³-hybridized carbons (Fsp3) is 0.381. The number of aliphatic imine (C=N–C) groups is 1. The third-order valence-corrected chi connectivity index (χ3v) is 3.90. The highest BCUT2D eigenvalue weighted by molar-refractivity contribution is 14.0. The van der Waals surface area contributed by atoms with Crippen LogP contribution in [0.4, 0.5) is 0 Å². The molecule has 0 spiro atoms. The molecule has 0 bridgehead atoms. The molecule has 0 saturated carbocycles. The molecule has 154 valence electrons. The maximum Gasteiger partial charge on any atom is 0.191 e. The van der Waals surface area contributed by atoms with E-state index in [1.54, 1.807) is 19.2 Å². The molecule has 2 aromatic carbocycles. The van der Waals surface area contributed by atoms with Crippen molar-refractivity contribution in [3.8, 4) is 17.2 Å². The Morgan fingerprint density at radius 3 is 2.32 bits per heavy atom. The van der Waals surface area contributed by atoms with Crippen molar-refractivity contribution in [1.29, 1.82) is 0 Å². The molecule has 28 heavy (non-hydrogen) atoms. The van der Waals surface area contributed by atoms with E-state index in [9.17, 15) is 5.11 Å². The molecule has 0 fully saturated rings. The first-order chi connectivity index (χ1) is 13.2. The van der Waals surface area contributed by atoms with Crippen molar-refractivity contribution >= 4 is 29.9 Å². The Bertz CT molecular complexity index is 691. The average Bonchev–Trinajstić information content (AvgIpc) is 2.70. The number of phenolic OH excluding ortho intramolecular Hbond substituents is 1. The summed E-state index contributed by atoms with van der Waals surface area (Å²) >= 11 is 0. The number of phenols is 1. The standard InChI is InChI=1S/C21H29N3O3.HI/c1-3-22-21(23-14-4-5-17-6-8-18(25)9-7-17)24-15-16-27-20-12-10-19(26-2)11-13-20;/h6-13,25H,3-5,14-16H2,1-2H3,(H2,22,23,24);1H. The zero-order chi connectivity index (χ0) is 19.3. The van der Waals surface area contributed by atoms with Crippen LogP contribution in [0.2, 0.25) is 0 Å². The van der Waals surface area contributed by atoms with E-state index in [-0.39, 0.29) is 24.0 Å². The molecule has 0 aliphatic rings. The highest BCUT2D eigenvalue weighted by atomic mass is 127. The monoisotopic (exact) mass is 499 g/mol. The van der Waals surface area contributed by atoms with Crippen molar-refractivity contribution < 1.29 is 14.6 Å².